The van der Waals surface area contributed by atoms with Gasteiger partial charge >= 0.3 is 164 Å². The maximum absolute atomic E-state index is 17.1. The number of anilines is 1. The Balaban J connectivity index is 1.28. The average molecular weight is 744 g/mol. The zero-order valence-corrected chi connectivity index (χ0v) is 29.6. The second-order valence-electron chi connectivity index (χ2n) is 14.2. The van der Waals surface area contributed by atoms with Crippen LogP contribution in [0.4, 0.5) is 14.5 Å². The fourth-order valence-corrected chi connectivity index (χ4v) is 10.3. The molecular formula is C38H38F2N6O3Se. The van der Waals surface area contributed by atoms with Gasteiger partial charge in [-0.1, -0.05) is 12.0 Å². The summed E-state index contributed by atoms with van der Waals surface area (Å²) in [5.74, 6) is 0.910. The van der Waals surface area contributed by atoms with Crippen molar-refractivity contribution in [3.8, 4) is 41.3 Å². The first-order valence-electron chi connectivity index (χ1n) is 17.0. The van der Waals surface area contributed by atoms with E-state index in [0.717, 1.165) is 60.3 Å². The van der Waals surface area contributed by atoms with E-state index in [1.54, 1.807) is 7.11 Å². The molecule has 2 N–H and O–H groups in total. The molecule has 3 aliphatic heterocycles. The monoisotopic (exact) mass is 744 g/mol. The molecule has 1 saturated carbocycles. The number of aromatic hydroxyl groups is 1. The molecule has 1 aliphatic carbocycles. The number of benzene rings is 2. The number of nitrogens with zero attached hydrogens (tertiary/aromatic N) is 5. The van der Waals surface area contributed by atoms with Gasteiger partial charge in [0.2, 0.25) is 0 Å². The first kappa shape index (κ1) is 33.1. The minimum absolute atomic E-state index is 0.0241. The molecule has 3 saturated heterocycles. The van der Waals surface area contributed by atoms with Crippen molar-refractivity contribution in [3.05, 3.63) is 53.2 Å². The third-order valence-electron chi connectivity index (χ3n) is 10.8. The van der Waals surface area contributed by atoms with Crippen molar-refractivity contribution >= 4 is 42.3 Å². The van der Waals surface area contributed by atoms with E-state index >= 15 is 4.39 Å². The number of hydrogen-bond donors (Lipinski definition) is 2. The van der Waals surface area contributed by atoms with Crippen LogP contribution in [-0.4, -0.2) is 99.6 Å². The number of piperazine rings is 1. The van der Waals surface area contributed by atoms with Gasteiger partial charge < -0.3 is 15.2 Å². The van der Waals surface area contributed by atoms with Gasteiger partial charge in [0.1, 0.15) is 11.6 Å². The second-order valence-corrected chi connectivity index (χ2v) is 16.8. The number of ether oxygens (including phenoxy) is 2. The molecule has 258 valence electrons. The second kappa shape index (κ2) is 12.9. The van der Waals surface area contributed by atoms with E-state index in [4.69, 9.17) is 20.9 Å². The standard InChI is InChI=1S/C38H38F2N6O3Se/c1-3-26-30(39)5-4-23-14-25(47)15-27(31(23)26)33-32(40)34-29(17-42-33)35(46-18-24-6-7-38(20-46,44-24)22-48-2)28(16-41)36(43-34)49-21-37(8-9-37)19-45-10-12-50-13-11-45/h1,4-5,14-15,17,24,44,47H,6-13,18-22H2,2H3. The van der Waals surface area contributed by atoms with E-state index in [0.29, 0.717) is 42.8 Å². The number of terminal acetylenes is 1. The number of pyridine rings is 2. The summed E-state index contributed by atoms with van der Waals surface area (Å²) in [5, 5.41) is 28.6. The summed E-state index contributed by atoms with van der Waals surface area (Å²) in [5.41, 5.74) is 0.344. The van der Waals surface area contributed by atoms with Gasteiger partial charge in [0.15, 0.2) is 0 Å². The summed E-state index contributed by atoms with van der Waals surface area (Å²) in [4.78, 5) is 13.9. The predicted molar refractivity (Wildman–Crippen MR) is 189 cm³/mol. The molecule has 0 amide bonds. The Morgan fingerprint density at radius 3 is 2.72 bits per heavy atom. The van der Waals surface area contributed by atoms with E-state index < -0.39 is 11.6 Å². The van der Waals surface area contributed by atoms with Crippen molar-refractivity contribution in [2.45, 2.75) is 47.9 Å². The van der Waals surface area contributed by atoms with Crippen LogP contribution in [0.25, 0.3) is 32.9 Å². The van der Waals surface area contributed by atoms with Crippen molar-refractivity contribution < 1.29 is 23.4 Å². The van der Waals surface area contributed by atoms with Crippen LogP contribution in [0.15, 0.2) is 30.5 Å². The van der Waals surface area contributed by atoms with Crippen molar-refractivity contribution in [1.82, 2.24) is 20.2 Å². The van der Waals surface area contributed by atoms with Crippen molar-refractivity contribution in [3.63, 3.8) is 0 Å². The zero-order chi connectivity index (χ0) is 34.6. The van der Waals surface area contributed by atoms with Crippen LogP contribution in [0, 0.1) is 40.7 Å². The fourth-order valence-electron chi connectivity index (χ4n) is 8.20. The van der Waals surface area contributed by atoms with Crippen LogP contribution in [0.3, 0.4) is 0 Å². The normalized spacial score (nSPS) is 22.8. The van der Waals surface area contributed by atoms with Crippen molar-refractivity contribution in [1.29, 1.82) is 5.26 Å². The van der Waals surface area contributed by atoms with E-state index in [-0.39, 0.29) is 61.9 Å². The molecule has 4 aliphatic rings. The minimum Gasteiger partial charge on any atom is 0.0101 e. The number of hydrogen-bond acceptors (Lipinski definition) is 9. The van der Waals surface area contributed by atoms with E-state index in [2.05, 4.69) is 32.1 Å². The van der Waals surface area contributed by atoms with Gasteiger partial charge in [-0.3, -0.25) is 4.98 Å². The Bertz CT molecular complexity index is 2090. The first-order valence-corrected chi connectivity index (χ1v) is 19.5. The zero-order valence-electron chi connectivity index (χ0n) is 27.9. The number of aromatic nitrogens is 2. The molecule has 8 rings (SSSR count). The van der Waals surface area contributed by atoms with Crippen molar-refractivity contribution in [2.24, 2.45) is 5.41 Å². The number of fused-ring (bicyclic) bond motifs is 4. The summed E-state index contributed by atoms with van der Waals surface area (Å²) < 4.78 is 44.2. The average Bonchev–Trinajstić information content (AvgIpc) is 3.81. The number of nitrogens with one attached hydrogen (secondary N) is 1. The van der Waals surface area contributed by atoms with Gasteiger partial charge in [0, 0.05) is 24.1 Å². The smallest absolute Gasteiger partial charge is 0.0101 e. The predicted octanol–water partition coefficient (Wildman–Crippen LogP) is 5.26. The topological polar surface area (TPSA) is 107 Å². The summed E-state index contributed by atoms with van der Waals surface area (Å²) >= 11 is 0.723. The minimum atomic E-state index is -0.779. The Morgan fingerprint density at radius 1 is 1.16 bits per heavy atom. The van der Waals surface area contributed by atoms with Gasteiger partial charge in [-0.15, -0.1) is 6.42 Å². The van der Waals surface area contributed by atoms with Gasteiger partial charge in [-0.05, 0) is 36.4 Å². The third-order valence-corrected chi connectivity index (χ3v) is 12.7. The Hall–Kier alpha value is -4.03. The van der Waals surface area contributed by atoms with Crippen LogP contribution < -0.4 is 15.0 Å². The number of halogens is 2. The number of rotatable bonds is 9. The molecule has 5 heterocycles. The molecule has 12 heteroatoms. The molecule has 2 atom stereocenters. The molecule has 0 spiro atoms. The molecule has 2 aromatic carbocycles. The van der Waals surface area contributed by atoms with Crippen LogP contribution in [0.5, 0.6) is 11.6 Å². The molecule has 4 fully saturated rings. The van der Waals surface area contributed by atoms with Crippen LogP contribution >= 0.6 is 0 Å². The van der Waals surface area contributed by atoms with Gasteiger partial charge in [-0.25, -0.2) is 4.39 Å². The molecule has 4 aromatic rings. The maximum atomic E-state index is 17.1. The third kappa shape index (κ3) is 5.83. The first-order chi connectivity index (χ1) is 24.3. The number of phenolic OH excluding ortho intramolecular Hbond substituents is 1. The molecule has 0 radical (unpaired) electrons. The van der Waals surface area contributed by atoms with E-state index in [1.807, 2.05) is 0 Å². The number of methoxy groups -OCH3 is 1. The quantitative estimate of drug-likeness (QED) is 0.176. The summed E-state index contributed by atoms with van der Waals surface area (Å²) in [6, 6.07) is 8.03. The Labute approximate surface area is 296 Å². The summed E-state index contributed by atoms with van der Waals surface area (Å²) in [6.45, 7) is 5.15. The molecular weight excluding hydrogens is 705 g/mol. The molecule has 2 aromatic heterocycles. The fraction of sp³-hybridized carbons (Fsp3) is 0.447. The molecule has 50 heavy (non-hydrogen) atoms. The molecule has 9 nitrogen and oxygen atoms in total. The summed E-state index contributed by atoms with van der Waals surface area (Å²) in [6.07, 6.45) is 11.1. The number of nitriles is 1. The van der Waals surface area contributed by atoms with E-state index in [1.165, 1.54) is 41.1 Å². The summed E-state index contributed by atoms with van der Waals surface area (Å²) in [7, 11) is 1.68. The van der Waals surface area contributed by atoms with E-state index in [9.17, 15) is 14.8 Å². The molecule has 2 unspecified atom stereocenters. The molecule has 2 bridgehead atoms. The van der Waals surface area contributed by atoms with Gasteiger partial charge in [0.25, 0.3) is 0 Å². The van der Waals surface area contributed by atoms with Gasteiger partial charge in [0.05, 0.1) is 17.7 Å². The van der Waals surface area contributed by atoms with Crippen LogP contribution in [0.1, 0.15) is 36.8 Å². The Morgan fingerprint density at radius 2 is 1.98 bits per heavy atom. The van der Waals surface area contributed by atoms with Gasteiger partial charge in [-0.2, -0.15) is 0 Å². The SMILES string of the molecule is C#Cc1c(F)ccc2cc(O)cc(-c3ncc4c(N5CC6CCC(COC)(C5)N6)c(C#N)c(OCC5(CN6CC[Se]CC6)CC5)nc4c3F)c12. The number of phenols is 1. The Kier molecular flexibility index (Phi) is 8.57. The van der Waals surface area contributed by atoms with Crippen LogP contribution in [-0.2, 0) is 4.74 Å². The van der Waals surface area contributed by atoms with Crippen LogP contribution in [0.2, 0.25) is 10.6 Å². The van der Waals surface area contributed by atoms with Crippen molar-refractivity contribution in [2.75, 3.05) is 57.9 Å².